The van der Waals surface area contributed by atoms with Crippen LogP contribution < -0.4 is 10.2 Å². The van der Waals surface area contributed by atoms with E-state index in [4.69, 9.17) is 0 Å². The van der Waals surface area contributed by atoms with Gasteiger partial charge in [0, 0.05) is 37.9 Å². The molecular weight excluding hydrogens is 288 g/mol. The lowest BCUT2D eigenvalue weighted by Crippen LogP contribution is -2.31. The van der Waals surface area contributed by atoms with E-state index in [9.17, 15) is 4.79 Å². The van der Waals surface area contributed by atoms with Crippen molar-refractivity contribution >= 4 is 17.3 Å². The van der Waals surface area contributed by atoms with Crippen molar-refractivity contribution in [1.82, 2.24) is 9.78 Å². The molecule has 1 amide bonds. The van der Waals surface area contributed by atoms with Crippen molar-refractivity contribution in [2.45, 2.75) is 46.2 Å². The van der Waals surface area contributed by atoms with Crippen molar-refractivity contribution in [1.29, 1.82) is 0 Å². The van der Waals surface area contributed by atoms with E-state index in [0.29, 0.717) is 12.5 Å². The molecule has 0 spiro atoms. The Kier molecular flexibility index (Phi) is 4.11. The minimum absolute atomic E-state index is 0.195. The van der Waals surface area contributed by atoms with Crippen LogP contribution in [0.4, 0.5) is 11.4 Å². The highest BCUT2D eigenvalue weighted by Crippen LogP contribution is 2.28. The van der Waals surface area contributed by atoms with Crippen molar-refractivity contribution in [2.75, 3.05) is 17.3 Å². The van der Waals surface area contributed by atoms with Gasteiger partial charge in [-0.15, -0.1) is 0 Å². The molecule has 3 rings (SSSR count). The van der Waals surface area contributed by atoms with E-state index in [0.717, 1.165) is 30.0 Å². The van der Waals surface area contributed by atoms with E-state index in [1.54, 1.807) is 4.90 Å². The minimum atomic E-state index is 0.195. The molecule has 1 aliphatic rings. The molecule has 1 N–H and O–H groups in total. The molecule has 122 valence electrons. The molecule has 0 fully saturated rings. The first-order chi connectivity index (χ1) is 11.0. The summed E-state index contributed by atoms with van der Waals surface area (Å²) in [6, 6.07) is 6.70. The molecule has 0 radical (unpaired) electrons. The van der Waals surface area contributed by atoms with Crippen LogP contribution >= 0.6 is 0 Å². The molecule has 5 nitrogen and oxygen atoms in total. The van der Waals surface area contributed by atoms with Crippen LogP contribution in [0.2, 0.25) is 0 Å². The number of fused-ring (bicyclic) bond motifs is 1. The van der Waals surface area contributed by atoms with E-state index >= 15 is 0 Å². The summed E-state index contributed by atoms with van der Waals surface area (Å²) in [4.78, 5) is 13.5. The van der Waals surface area contributed by atoms with Gasteiger partial charge in [-0.05, 0) is 44.4 Å². The molecular formula is C18H24N4O. The molecule has 1 aliphatic heterocycles. The molecule has 0 saturated heterocycles. The first kappa shape index (κ1) is 15.6. The Hall–Kier alpha value is -2.30. The lowest BCUT2D eigenvalue weighted by molar-refractivity contribution is -0.118. The minimum Gasteiger partial charge on any atom is -0.378 e. The number of aromatic nitrogens is 2. The Labute approximate surface area is 137 Å². The summed E-state index contributed by atoms with van der Waals surface area (Å²) in [5.41, 5.74) is 5.60. The van der Waals surface area contributed by atoms with Crippen LogP contribution in [0.5, 0.6) is 0 Å². The first-order valence-electron chi connectivity index (χ1n) is 8.13. The van der Waals surface area contributed by atoms with E-state index in [-0.39, 0.29) is 5.91 Å². The summed E-state index contributed by atoms with van der Waals surface area (Å²) in [5, 5.41) is 7.99. The van der Waals surface area contributed by atoms with Crippen LogP contribution in [0.3, 0.4) is 0 Å². The highest BCUT2D eigenvalue weighted by atomic mass is 16.2. The van der Waals surface area contributed by atoms with Crippen molar-refractivity contribution in [3.05, 3.63) is 41.2 Å². The van der Waals surface area contributed by atoms with Crippen molar-refractivity contribution in [3.8, 4) is 0 Å². The molecule has 5 heteroatoms. The van der Waals surface area contributed by atoms with Crippen LogP contribution in [-0.2, 0) is 17.8 Å². The van der Waals surface area contributed by atoms with E-state index < -0.39 is 0 Å². The smallest absolute Gasteiger partial charge is 0.227 e. The third-order valence-corrected chi connectivity index (χ3v) is 4.42. The van der Waals surface area contributed by atoms with Crippen molar-refractivity contribution < 1.29 is 4.79 Å². The molecule has 0 aliphatic carbocycles. The predicted octanol–water partition coefficient (Wildman–Crippen LogP) is 3.29. The lowest BCUT2D eigenvalue weighted by Gasteiger charge is -2.26. The average molecular weight is 312 g/mol. The average Bonchev–Trinajstić information content (AvgIpc) is 2.90. The monoisotopic (exact) mass is 312 g/mol. The molecule has 0 bridgehead atoms. The van der Waals surface area contributed by atoms with Gasteiger partial charge in [-0.2, -0.15) is 5.10 Å². The lowest BCUT2D eigenvalue weighted by atomic mass is 9.99. The third-order valence-electron chi connectivity index (χ3n) is 4.42. The summed E-state index contributed by atoms with van der Waals surface area (Å²) < 4.78 is 1.98. The largest absolute Gasteiger partial charge is 0.378 e. The second-order valence-electron chi connectivity index (χ2n) is 6.47. The molecule has 1 aromatic heterocycles. The van der Waals surface area contributed by atoms with Gasteiger partial charge < -0.3 is 10.2 Å². The van der Waals surface area contributed by atoms with Gasteiger partial charge in [-0.25, -0.2) is 0 Å². The van der Waals surface area contributed by atoms with E-state index in [2.05, 4.69) is 42.6 Å². The number of carbonyl (C=O) groups is 1. The molecule has 0 unspecified atom stereocenters. The summed E-state index contributed by atoms with van der Waals surface area (Å²) in [6.45, 7) is 7.03. The number of hydrogen-bond donors (Lipinski definition) is 1. The Balaban J connectivity index is 1.73. The maximum absolute atomic E-state index is 11.8. The van der Waals surface area contributed by atoms with Gasteiger partial charge in [0.2, 0.25) is 5.91 Å². The standard InChI is InChI=1S/C18H24N4O/c1-12(2)22-11-16(13(3)20-22)19-10-14-5-7-17-15(9-14)6-8-18(23)21(17)4/h5,7,9,11-12,19H,6,8,10H2,1-4H3. The van der Waals surface area contributed by atoms with Gasteiger partial charge in [0.1, 0.15) is 0 Å². The molecule has 2 heterocycles. The Bertz CT molecular complexity index is 733. The maximum Gasteiger partial charge on any atom is 0.227 e. The predicted molar refractivity (Wildman–Crippen MR) is 92.8 cm³/mol. The summed E-state index contributed by atoms with van der Waals surface area (Å²) >= 11 is 0. The zero-order chi connectivity index (χ0) is 16.6. The fraction of sp³-hybridized carbons (Fsp3) is 0.444. The van der Waals surface area contributed by atoms with Gasteiger partial charge in [-0.3, -0.25) is 9.48 Å². The quantitative estimate of drug-likeness (QED) is 0.942. The number of amides is 1. The Morgan fingerprint density at radius 2 is 2.09 bits per heavy atom. The number of hydrogen-bond acceptors (Lipinski definition) is 3. The summed E-state index contributed by atoms with van der Waals surface area (Å²) in [6.07, 6.45) is 3.49. The second-order valence-corrected chi connectivity index (χ2v) is 6.47. The number of rotatable bonds is 4. The Morgan fingerprint density at radius 3 is 2.78 bits per heavy atom. The topological polar surface area (TPSA) is 50.2 Å². The van der Waals surface area contributed by atoms with Crippen LogP contribution in [-0.4, -0.2) is 22.7 Å². The zero-order valence-electron chi connectivity index (χ0n) is 14.3. The van der Waals surface area contributed by atoms with Gasteiger partial charge in [0.15, 0.2) is 0 Å². The van der Waals surface area contributed by atoms with Crippen molar-refractivity contribution in [2.24, 2.45) is 0 Å². The highest BCUT2D eigenvalue weighted by molar-refractivity contribution is 5.95. The number of nitrogens with one attached hydrogen (secondary N) is 1. The number of aryl methyl sites for hydroxylation is 2. The van der Waals surface area contributed by atoms with Gasteiger partial charge in [0.25, 0.3) is 0 Å². The van der Waals surface area contributed by atoms with Crippen LogP contribution in [0.1, 0.15) is 43.1 Å². The fourth-order valence-corrected chi connectivity index (χ4v) is 2.94. The summed E-state index contributed by atoms with van der Waals surface area (Å²) in [5.74, 6) is 0.195. The molecule has 1 aromatic carbocycles. The first-order valence-corrected chi connectivity index (χ1v) is 8.13. The van der Waals surface area contributed by atoms with Gasteiger partial charge >= 0.3 is 0 Å². The number of nitrogens with zero attached hydrogens (tertiary/aromatic N) is 3. The summed E-state index contributed by atoms with van der Waals surface area (Å²) in [7, 11) is 1.85. The van der Waals surface area contributed by atoms with Crippen LogP contribution in [0.25, 0.3) is 0 Å². The SMILES string of the molecule is Cc1nn(C(C)C)cc1NCc1ccc2c(c1)CCC(=O)N2C. The fourth-order valence-electron chi connectivity index (χ4n) is 2.94. The molecule has 2 aromatic rings. The van der Waals surface area contributed by atoms with E-state index in [1.807, 2.05) is 24.7 Å². The van der Waals surface area contributed by atoms with Gasteiger partial charge in [-0.1, -0.05) is 12.1 Å². The third kappa shape index (κ3) is 3.09. The number of carbonyl (C=O) groups excluding carboxylic acids is 1. The Morgan fingerprint density at radius 1 is 1.30 bits per heavy atom. The molecule has 0 atom stereocenters. The van der Waals surface area contributed by atoms with Gasteiger partial charge in [0.05, 0.1) is 11.4 Å². The maximum atomic E-state index is 11.8. The molecule has 23 heavy (non-hydrogen) atoms. The highest BCUT2D eigenvalue weighted by Gasteiger charge is 2.20. The van der Waals surface area contributed by atoms with Crippen molar-refractivity contribution in [3.63, 3.8) is 0 Å². The van der Waals surface area contributed by atoms with Crippen LogP contribution in [0.15, 0.2) is 24.4 Å². The van der Waals surface area contributed by atoms with E-state index in [1.165, 1.54) is 11.1 Å². The number of anilines is 2. The van der Waals surface area contributed by atoms with Crippen LogP contribution in [0, 0.1) is 6.92 Å². The second kappa shape index (κ2) is 6.07. The normalized spacial score (nSPS) is 14.3. The molecule has 0 saturated carbocycles. The zero-order valence-corrected chi connectivity index (χ0v) is 14.3. The number of benzene rings is 1.